The smallest absolute Gasteiger partial charge is 0.332 e. The molecule has 0 saturated heterocycles. The molecular formula is C25H16O4. The number of carbonyl (C=O) groups is 1. The molecule has 4 nitrogen and oxygen atoms in total. The zero-order valence-corrected chi connectivity index (χ0v) is 15.6. The van der Waals surface area contributed by atoms with Gasteiger partial charge in [-0.25, -0.2) is 4.79 Å². The Labute approximate surface area is 166 Å². The molecule has 6 rings (SSSR count). The summed E-state index contributed by atoms with van der Waals surface area (Å²) >= 11 is 0. The summed E-state index contributed by atoms with van der Waals surface area (Å²) < 4.78 is 12.3. The van der Waals surface area contributed by atoms with Crippen molar-refractivity contribution >= 4 is 27.5 Å². The van der Waals surface area contributed by atoms with Gasteiger partial charge in [0.1, 0.15) is 17.2 Å². The van der Waals surface area contributed by atoms with E-state index in [0.717, 1.165) is 32.8 Å². The number of hydrogen-bond donors (Lipinski definition) is 1. The van der Waals surface area contributed by atoms with E-state index in [1.807, 2.05) is 42.5 Å². The van der Waals surface area contributed by atoms with Crippen molar-refractivity contribution in [2.24, 2.45) is 0 Å². The van der Waals surface area contributed by atoms with Crippen molar-refractivity contribution in [3.63, 3.8) is 0 Å². The Hall–Kier alpha value is -3.79. The van der Waals surface area contributed by atoms with Gasteiger partial charge < -0.3 is 14.6 Å². The van der Waals surface area contributed by atoms with Crippen LogP contribution in [0.15, 0.2) is 72.8 Å². The molecule has 0 saturated carbocycles. The maximum Gasteiger partial charge on any atom is 0.332 e. The number of ether oxygens (including phenoxy) is 2. The molecule has 2 aliphatic heterocycles. The largest absolute Gasteiger partial charge is 0.507 e. The molecule has 140 valence electrons. The van der Waals surface area contributed by atoms with Crippen LogP contribution >= 0.6 is 0 Å². The highest BCUT2D eigenvalue weighted by Crippen LogP contribution is 2.56. The first kappa shape index (κ1) is 16.2. The molecule has 0 aliphatic carbocycles. The predicted octanol–water partition coefficient (Wildman–Crippen LogP) is 5.47. The summed E-state index contributed by atoms with van der Waals surface area (Å²) in [5.41, 5.74) is 1.56. The molecule has 0 radical (unpaired) electrons. The fourth-order valence-corrected chi connectivity index (χ4v) is 4.68. The molecular weight excluding hydrogens is 364 g/mol. The summed E-state index contributed by atoms with van der Waals surface area (Å²) in [5.74, 6) is 1.05. The highest BCUT2D eigenvalue weighted by Gasteiger charge is 2.48. The molecule has 1 spiro atoms. The number of benzene rings is 4. The van der Waals surface area contributed by atoms with Crippen LogP contribution in [0.25, 0.3) is 21.5 Å². The lowest BCUT2D eigenvalue weighted by molar-refractivity contribution is -0.143. The lowest BCUT2D eigenvalue weighted by Crippen LogP contribution is -2.31. The van der Waals surface area contributed by atoms with E-state index in [2.05, 4.69) is 13.0 Å². The number of aromatic hydroxyl groups is 1. The van der Waals surface area contributed by atoms with E-state index >= 15 is 0 Å². The van der Waals surface area contributed by atoms with E-state index in [1.165, 1.54) is 6.08 Å². The zero-order chi connectivity index (χ0) is 19.8. The second-order valence-electron chi connectivity index (χ2n) is 7.51. The van der Waals surface area contributed by atoms with E-state index < -0.39 is 11.6 Å². The van der Waals surface area contributed by atoms with E-state index in [9.17, 15) is 9.90 Å². The molecule has 1 N–H and O–H groups in total. The van der Waals surface area contributed by atoms with E-state index in [-0.39, 0.29) is 5.75 Å². The molecule has 1 atom stereocenters. The average Bonchev–Trinajstić information content (AvgIpc) is 3.09. The van der Waals surface area contributed by atoms with Crippen molar-refractivity contribution < 1.29 is 19.4 Å². The summed E-state index contributed by atoms with van der Waals surface area (Å²) in [6, 6.07) is 19.1. The van der Waals surface area contributed by atoms with Gasteiger partial charge in [-0.3, -0.25) is 0 Å². The third kappa shape index (κ3) is 2.00. The van der Waals surface area contributed by atoms with E-state index in [1.54, 1.807) is 18.2 Å². The molecule has 0 fully saturated rings. The van der Waals surface area contributed by atoms with Gasteiger partial charge in [0.25, 0.3) is 0 Å². The maximum absolute atomic E-state index is 12.3. The first-order valence-electron chi connectivity index (χ1n) is 9.46. The number of esters is 1. The average molecular weight is 380 g/mol. The van der Waals surface area contributed by atoms with Crippen LogP contribution in [-0.4, -0.2) is 11.1 Å². The number of fused-ring (bicyclic) bond motifs is 8. The van der Waals surface area contributed by atoms with Crippen molar-refractivity contribution in [1.29, 1.82) is 0 Å². The minimum absolute atomic E-state index is 0.174. The van der Waals surface area contributed by atoms with Crippen molar-refractivity contribution in [2.75, 3.05) is 0 Å². The molecule has 4 heteroatoms. The van der Waals surface area contributed by atoms with Crippen LogP contribution in [0.4, 0.5) is 0 Å². The lowest BCUT2D eigenvalue weighted by atomic mass is 9.78. The van der Waals surface area contributed by atoms with Crippen molar-refractivity contribution in [1.82, 2.24) is 0 Å². The molecule has 0 aromatic heterocycles. The maximum atomic E-state index is 12.3. The van der Waals surface area contributed by atoms with Crippen LogP contribution in [0.2, 0.25) is 0 Å². The van der Waals surface area contributed by atoms with Crippen LogP contribution in [0.3, 0.4) is 0 Å². The number of rotatable bonds is 0. The molecule has 4 aromatic rings. The molecule has 1 unspecified atom stereocenters. The Morgan fingerprint density at radius 1 is 0.793 bits per heavy atom. The summed E-state index contributed by atoms with van der Waals surface area (Å²) in [7, 11) is 0. The fraction of sp³-hybridized carbons (Fsp3) is 0.0800. The Kier molecular flexibility index (Phi) is 3.01. The number of phenolic OH excluding ortho intramolecular Hbond substituents is 1. The Morgan fingerprint density at radius 3 is 2.14 bits per heavy atom. The predicted molar refractivity (Wildman–Crippen MR) is 110 cm³/mol. The third-order valence-electron chi connectivity index (χ3n) is 5.92. The number of aryl methyl sites for hydroxylation is 1. The summed E-state index contributed by atoms with van der Waals surface area (Å²) in [4.78, 5) is 12.3. The minimum Gasteiger partial charge on any atom is -0.507 e. The number of hydrogen-bond acceptors (Lipinski definition) is 4. The standard InChI is InChI=1S/C25H16O4/c1-14-4-2-5-17-15(14)8-10-20-23(17)25(13-12-22(27)29-25)24-18-6-3-7-19(26)16(18)9-11-21(24)28-20/h2-13,26H,1H3. The zero-order valence-electron chi connectivity index (χ0n) is 15.6. The highest BCUT2D eigenvalue weighted by atomic mass is 16.6. The Morgan fingerprint density at radius 2 is 1.45 bits per heavy atom. The van der Waals surface area contributed by atoms with E-state index in [0.29, 0.717) is 16.9 Å². The first-order chi connectivity index (χ1) is 14.1. The summed E-state index contributed by atoms with van der Waals surface area (Å²) in [6.07, 6.45) is 3.27. The molecule has 0 bridgehead atoms. The van der Waals surface area contributed by atoms with Gasteiger partial charge in [-0.15, -0.1) is 0 Å². The second-order valence-corrected chi connectivity index (χ2v) is 7.51. The highest BCUT2D eigenvalue weighted by molar-refractivity contribution is 6.00. The van der Waals surface area contributed by atoms with Crippen LogP contribution < -0.4 is 4.74 Å². The number of phenols is 1. The minimum atomic E-state index is -1.11. The van der Waals surface area contributed by atoms with Gasteiger partial charge in [0.15, 0.2) is 5.60 Å². The second kappa shape index (κ2) is 5.39. The monoisotopic (exact) mass is 380 g/mol. The molecule has 2 aliphatic rings. The van der Waals surface area contributed by atoms with Gasteiger partial charge in [-0.1, -0.05) is 36.4 Å². The van der Waals surface area contributed by atoms with Gasteiger partial charge >= 0.3 is 5.97 Å². The Balaban J connectivity index is 1.81. The molecule has 2 heterocycles. The molecule has 29 heavy (non-hydrogen) atoms. The third-order valence-corrected chi connectivity index (χ3v) is 5.92. The topological polar surface area (TPSA) is 55.8 Å². The van der Waals surface area contributed by atoms with Gasteiger partial charge in [-0.2, -0.15) is 0 Å². The SMILES string of the molecule is Cc1cccc2c3c(ccc12)Oc1ccc2c(O)cccc2c1C31C=CC(=O)O1. The van der Waals surface area contributed by atoms with E-state index in [4.69, 9.17) is 9.47 Å². The fourth-order valence-electron chi connectivity index (χ4n) is 4.68. The van der Waals surface area contributed by atoms with Crippen LogP contribution in [0.1, 0.15) is 16.7 Å². The first-order valence-corrected chi connectivity index (χ1v) is 9.46. The molecule has 4 aromatic carbocycles. The van der Waals surface area contributed by atoms with Gasteiger partial charge in [-0.05, 0) is 59.0 Å². The lowest BCUT2D eigenvalue weighted by Gasteiger charge is -2.36. The number of carbonyl (C=O) groups excluding carboxylic acids is 1. The van der Waals surface area contributed by atoms with Crippen LogP contribution in [-0.2, 0) is 15.1 Å². The van der Waals surface area contributed by atoms with Crippen molar-refractivity contribution in [2.45, 2.75) is 12.5 Å². The summed E-state index contributed by atoms with van der Waals surface area (Å²) in [5, 5.41) is 13.9. The van der Waals surface area contributed by atoms with Gasteiger partial charge in [0, 0.05) is 11.5 Å². The summed E-state index contributed by atoms with van der Waals surface area (Å²) in [6.45, 7) is 2.06. The molecule has 0 amide bonds. The van der Waals surface area contributed by atoms with Crippen molar-refractivity contribution in [3.05, 3.63) is 89.5 Å². The van der Waals surface area contributed by atoms with Gasteiger partial charge in [0.2, 0.25) is 0 Å². The van der Waals surface area contributed by atoms with Crippen LogP contribution in [0.5, 0.6) is 17.2 Å². The van der Waals surface area contributed by atoms with Gasteiger partial charge in [0.05, 0.1) is 11.1 Å². The van der Waals surface area contributed by atoms with Crippen LogP contribution in [0, 0.1) is 6.92 Å². The normalized spacial score (nSPS) is 19.3. The Bertz CT molecular complexity index is 1310. The van der Waals surface area contributed by atoms with Crippen molar-refractivity contribution in [3.8, 4) is 17.2 Å². The quantitative estimate of drug-likeness (QED) is 0.411.